The number of hydrogen-bond acceptors (Lipinski definition) is 4. The number of benzene rings is 2. The van der Waals surface area contributed by atoms with E-state index in [2.05, 4.69) is 5.32 Å². The molecule has 7 heteroatoms. The van der Waals surface area contributed by atoms with Gasteiger partial charge >= 0.3 is 0 Å². The molecular formula is C17H20N2O4S. The van der Waals surface area contributed by atoms with Gasteiger partial charge in [-0.25, -0.2) is 8.42 Å². The van der Waals surface area contributed by atoms with Crippen LogP contribution >= 0.6 is 0 Å². The van der Waals surface area contributed by atoms with Crippen LogP contribution in [0, 0.1) is 6.92 Å². The summed E-state index contributed by atoms with van der Waals surface area (Å²) < 4.78 is 29.3. The van der Waals surface area contributed by atoms with E-state index in [1.807, 2.05) is 31.2 Å². The lowest BCUT2D eigenvalue weighted by molar-refractivity contribution is -0.116. The fourth-order valence-corrected chi connectivity index (χ4v) is 2.29. The highest BCUT2D eigenvalue weighted by atomic mass is 32.2. The van der Waals surface area contributed by atoms with E-state index >= 15 is 0 Å². The maximum atomic E-state index is 11.8. The van der Waals surface area contributed by atoms with Gasteiger partial charge in [-0.2, -0.15) is 4.31 Å². The zero-order valence-corrected chi connectivity index (χ0v) is 14.6. The number of aryl methyl sites for hydroxylation is 1. The molecule has 0 spiro atoms. The molecule has 0 heterocycles. The molecule has 0 unspecified atom stereocenters. The molecule has 1 amide bonds. The molecule has 0 fully saturated rings. The van der Waals surface area contributed by atoms with Gasteiger partial charge in [0.2, 0.25) is 15.9 Å². The van der Waals surface area contributed by atoms with Gasteiger partial charge in [0.05, 0.1) is 12.8 Å². The Morgan fingerprint density at radius 3 is 2.38 bits per heavy atom. The van der Waals surface area contributed by atoms with Crippen LogP contribution in [0.25, 0.3) is 0 Å². The molecule has 0 bridgehead atoms. The maximum Gasteiger partial charge on any atom is 0.239 e. The normalized spacial score (nSPS) is 11.3. The fraction of sp³-hybridized carbons (Fsp3) is 0.235. The van der Waals surface area contributed by atoms with Crippen LogP contribution in [0.5, 0.6) is 11.5 Å². The first kappa shape index (κ1) is 18.0. The Bertz CT molecular complexity index is 817. The minimum Gasteiger partial charge on any atom is -0.457 e. The molecule has 1 N–H and O–H groups in total. The Hall–Kier alpha value is -2.38. The monoisotopic (exact) mass is 348 g/mol. The third-order valence-corrected chi connectivity index (χ3v) is 4.56. The molecule has 24 heavy (non-hydrogen) atoms. The highest BCUT2D eigenvalue weighted by Crippen LogP contribution is 2.23. The lowest BCUT2D eigenvalue weighted by atomic mass is 10.2. The van der Waals surface area contributed by atoms with E-state index in [9.17, 15) is 13.2 Å². The summed E-state index contributed by atoms with van der Waals surface area (Å²) in [5.41, 5.74) is 1.67. The van der Waals surface area contributed by atoms with Crippen LogP contribution in [-0.2, 0) is 14.8 Å². The summed E-state index contributed by atoms with van der Waals surface area (Å²) in [5, 5.41) is 2.64. The van der Waals surface area contributed by atoms with Crippen LogP contribution < -0.4 is 10.1 Å². The van der Waals surface area contributed by atoms with Crippen molar-refractivity contribution in [2.24, 2.45) is 0 Å². The molecule has 2 aromatic rings. The van der Waals surface area contributed by atoms with Gasteiger partial charge < -0.3 is 10.1 Å². The average Bonchev–Trinajstić information content (AvgIpc) is 2.48. The predicted molar refractivity (Wildman–Crippen MR) is 93.8 cm³/mol. The molecule has 0 atom stereocenters. The number of carbonyl (C=O) groups is 1. The van der Waals surface area contributed by atoms with E-state index in [0.717, 1.165) is 21.9 Å². The third-order valence-electron chi connectivity index (χ3n) is 3.30. The largest absolute Gasteiger partial charge is 0.457 e. The SMILES string of the molecule is Cc1cccc(Oc2ccc(NC(=O)CN(C)S(C)(=O)=O)cc2)c1. The second kappa shape index (κ2) is 7.46. The molecule has 128 valence electrons. The quantitative estimate of drug-likeness (QED) is 0.871. The van der Waals surface area contributed by atoms with Crippen molar-refractivity contribution in [3.63, 3.8) is 0 Å². The topological polar surface area (TPSA) is 75.7 Å². The number of nitrogens with one attached hydrogen (secondary N) is 1. The molecule has 0 radical (unpaired) electrons. The zero-order valence-electron chi connectivity index (χ0n) is 13.8. The van der Waals surface area contributed by atoms with E-state index in [0.29, 0.717) is 11.4 Å². The Morgan fingerprint density at radius 1 is 1.12 bits per heavy atom. The highest BCUT2D eigenvalue weighted by molar-refractivity contribution is 7.88. The number of ether oxygens (including phenoxy) is 1. The minimum absolute atomic E-state index is 0.236. The van der Waals surface area contributed by atoms with E-state index in [-0.39, 0.29) is 6.54 Å². The summed E-state index contributed by atoms with van der Waals surface area (Å²) in [7, 11) is -2.03. The van der Waals surface area contributed by atoms with Crippen molar-refractivity contribution in [1.82, 2.24) is 4.31 Å². The van der Waals surface area contributed by atoms with E-state index in [1.54, 1.807) is 24.3 Å². The molecule has 0 aromatic heterocycles. The molecule has 6 nitrogen and oxygen atoms in total. The number of nitrogens with zero attached hydrogens (tertiary/aromatic N) is 1. The second-order valence-corrected chi connectivity index (χ2v) is 7.60. The molecule has 2 rings (SSSR count). The smallest absolute Gasteiger partial charge is 0.239 e. The van der Waals surface area contributed by atoms with Gasteiger partial charge in [-0.05, 0) is 48.9 Å². The summed E-state index contributed by atoms with van der Waals surface area (Å²) >= 11 is 0. The Labute approximate surface area is 142 Å². The van der Waals surface area contributed by atoms with Crippen LogP contribution in [-0.4, -0.2) is 38.5 Å². The molecule has 0 aliphatic heterocycles. The van der Waals surface area contributed by atoms with Crippen LogP contribution in [0.4, 0.5) is 5.69 Å². The number of amides is 1. The summed E-state index contributed by atoms with van der Waals surface area (Å²) in [5.74, 6) is 0.976. The van der Waals surface area contributed by atoms with E-state index in [4.69, 9.17) is 4.74 Å². The van der Waals surface area contributed by atoms with Gasteiger partial charge in [0.1, 0.15) is 11.5 Å². The van der Waals surface area contributed by atoms with Crippen LogP contribution in [0.15, 0.2) is 48.5 Å². The van der Waals surface area contributed by atoms with Crippen LogP contribution in [0.2, 0.25) is 0 Å². The van der Waals surface area contributed by atoms with E-state index < -0.39 is 15.9 Å². The van der Waals surface area contributed by atoms with Gasteiger partial charge in [-0.1, -0.05) is 12.1 Å². The van der Waals surface area contributed by atoms with Gasteiger partial charge in [0, 0.05) is 12.7 Å². The summed E-state index contributed by atoms with van der Waals surface area (Å²) in [4.78, 5) is 11.8. The maximum absolute atomic E-state index is 11.8. The molecule has 2 aromatic carbocycles. The molecule has 0 aliphatic carbocycles. The first-order valence-electron chi connectivity index (χ1n) is 7.30. The van der Waals surface area contributed by atoms with Crippen molar-refractivity contribution in [3.8, 4) is 11.5 Å². The average molecular weight is 348 g/mol. The summed E-state index contributed by atoms with van der Waals surface area (Å²) in [6.07, 6.45) is 1.05. The Morgan fingerprint density at radius 2 is 1.79 bits per heavy atom. The zero-order chi connectivity index (χ0) is 17.7. The highest BCUT2D eigenvalue weighted by Gasteiger charge is 2.15. The summed E-state index contributed by atoms with van der Waals surface area (Å²) in [6, 6.07) is 14.6. The van der Waals surface area contributed by atoms with Gasteiger partial charge in [0.15, 0.2) is 0 Å². The molecule has 0 saturated heterocycles. The number of hydrogen-bond donors (Lipinski definition) is 1. The first-order chi connectivity index (χ1) is 11.2. The third kappa shape index (κ3) is 5.36. The minimum atomic E-state index is -3.38. The van der Waals surface area contributed by atoms with Crippen LogP contribution in [0.3, 0.4) is 0 Å². The van der Waals surface area contributed by atoms with Crippen molar-refractivity contribution >= 4 is 21.6 Å². The Kier molecular flexibility index (Phi) is 5.58. The van der Waals surface area contributed by atoms with Crippen molar-refractivity contribution in [3.05, 3.63) is 54.1 Å². The molecular weight excluding hydrogens is 328 g/mol. The number of rotatable bonds is 6. The van der Waals surface area contributed by atoms with Gasteiger partial charge in [-0.15, -0.1) is 0 Å². The number of carbonyl (C=O) groups excluding carboxylic acids is 1. The standard InChI is InChI=1S/C17H20N2O4S/c1-13-5-4-6-16(11-13)23-15-9-7-14(8-10-15)18-17(20)12-19(2)24(3,21)22/h4-11H,12H2,1-3H3,(H,18,20). The second-order valence-electron chi connectivity index (χ2n) is 5.51. The summed E-state index contributed by atoms with van der Waals surface area (Å²) in [6.45, 7) is 1.75. The molecule has 0 saturated carbocycles. The fourth-order valence-electron chi connectivity index (χ4n) is 1.94. The van der Waals surface area contributed by atoms with Gasteiger partial charge in [0.25, 0.3) is 0 Å². The van der Waals surface area contributed by atoms with Crippen molar-refractivity contribution < 1.29 is 17.9 Å². The van der Waals surface area contributed by atoms with Crippen molar-refractivity contribution in [2.75, 3.05) is 25.2 Å². The lowest BCUT2D eigenvalue weighted by Crippen LogP contribution is -2.34. The lowest BCUT2D eigenvalue weighted by Gasteiger charge is -2.14. The van der Waals surface area contributed by atoms with Crippen molar-refractivity contribution in [1.29, 1.82) is 0 Å². The van der Waals surface area contributed by atoms with Crippen molar-refractivity contribution in [2.45, 2.75) is 6.92 Å². The van der Waals surface area contributed by atoms with Crippen LogP contribution in [0.1, 0.15) is 5.56 Å². The number of anilines is 1. The Balaban J connectivity index is 1.96. The first-order valence-corrected chi connectivity index (χ1v) is 9.14. The predicted octanol–water partition coefficient (Wildman–Crippen LogP) is 2.62. The number of likely N-dealkylation sites (N-methyl/N-ethyl adjacent to an activating group) is 1. The van der Waals surface area contributed by atoms with E-state index in [1.165, 1.54) is 7.05 Å². The molecule has 0 aliphatic rings. The van der Waals surface area contributed by atoms with Gasteiger partial charge in [-0.3, -0.25) is 4.79 Å². The number of sulfonamides is 1.